The Bertz CT molecular complexity index is 1650. The normalized spacial score (nSPS) is 11.4. The maximum atomic E-state index is 12.5. The van der Waals surface area contributed by atoms with E-state index in [2.05, 4.69) is 21.4 Å². The molecule has 0 unspecified atom stereocenters. The molecule has 0 atom stereocenters. The first-order valence-electron chi connectivity index (χ1n) is 13.0. The SMILES string of the molecule is CCOc1cc2nc(C)c(C#N)c(Nc3ccc(OCc4ccccn4)c(Cl)c3)c2cc1/C(=C\CN(C)C)C(N)=O. The number of hydrogen-bond acceptors (Lipinski definition) is 8. The predicted molar refractivity (Wildman–Crippen MR) is 161 cm³/mol. The van der Waals surface area contributed by atoms with Crippen LogP contribution in [0, 0.1) is 18.3 Å². The maximum Gasteiger partial charge on any atom is 0.249 e. The smallest absolute Gasteiger partial charge is 0.249 e. The Hall–Kier alpha value is -4.65. The molecule has 210 valence electrons. The highest BCUT2D eigenvalue weighted by atomic mass is 35.5. The van der Waals surface area contributed by atoms with E-state index in [1.165, 1.54) is 0 Å². The third-order valence-electron chi connectivity index (χ3n) is 6.20. The number of anilines is 2. The summed E-state index contributed by atoms with van der Waals surface area (Å²) in [6.45, 7) is 4.78. The van der Waals surface area contributed by atoms with Crippen molar-refractivity contribution < 1.29 is 14.3 Å². The molecule has 0 aliphatic rings. The van der Waals surface area contributed by atoms with E-state index in [0.29, 0.717) is 74.3 Å². The quantitative estimate of drug-likeness (QED) is 0.223. The van der Waals surface area contributed by atoms with E-state index in [0.717, 1.165) is 5.69 Å². The van der Waals surface area contributed by atoms with Gasteiger partial charge < -0.3 is 25.4 Å². The minimum atomic E-state index is -0.588. The van der Waals surface area contributed by atoms with E-state index in [1.54, 1.807) is 43.5 Å². The molecule has 4 aromatic rings. The molecule has 0 saturated heterocycles. The van der Waals surface area contributed by atoms with Gasteiger partial charge >= 0.3 is 0 Å². The summed E-state index contributed by atoms with van der Waals surface area (Å²) in [4.78, 5) is 23.4. The number of nitrogens with zero attached hydrogens (tertiary/aromatic N) is 4. The fourth-order valence-corrected chi connectivity index (χ4v) is 4.49. The molecule has 0 saturated carbocycles. The molecule has 1 amide bonds. The minimum absolute atomic E-state index is 0.272. The van der Waals surface area contributed by atoms with Crippen LogP contribution >= 0.6 is 11.6 Å². The van der Waals surface area contributed by atoms with Gasteiger partial charge in [-0.1, -0.05) is 23.7 Å². The van der Waals surface area contributed by atoms with Gasteiger partial charge in [0, 0.05) is 41.0 Å². The molecule has 41 heavy (non-hydrogen) atoms. The topological polar surface area (TPSA) is 126 Å². The number of nitriles is 1. The van der Waals surface area contributed by atoms with E-state index in [4.69, 9.17) is 26.8 Å². The van der Waals surface area contributed by atoms with Crippen molar-refractivity contribution in [2.75, 3.05) is 32.6 Å². The average Bonchev–Trinajstić information content (AvgIpc) is 2.93. The number of rotatable bonds is 11. The van der Waals surface area contributed by atoms with Crippen molar-refractivity contribution in [2.24, 2.45) is 5.73 Å². The van der Waals surface area contributed by atoms with Crippen LogP contribution in [0.15, 0.2) is 60.8 Å². The van der Waals surface area contributed by atoms with Crippen LogP contribution in [0.4, 0.5) is 11.4 Å². The summed E-state index contributed by atoms with van der Waals surface area (Å²) in [6.07, 6.45) is 3.46. The average molecular weight is 571 g/mol. The number of amides is 1. The number of hydrogen-bond donors (Lipinski definition) is 2. The number of aromatic nitrogens is 2. The van der Waals surface area contributed by atoms with Crippen LogP contribution < -0.4 is 20.5 Å². The fourth-order valence-electron chi connectivity index (χ4n) is 4.26. The van der Waals surface area contributed by atoms with Gasteiger partial charge in [-0.2, -0.15) is 5.26 Å². The standard InChI is InChI=1S/C31H31ClN6O3/c1-5-40-29-16-27-24(15-23(29)22(31(34)39)11-13-38(3)4)30(25(17-33)19(2)36-27)37-20-9-10-28(26(32)14-20)41-18-21-8-6-7-12-35-21/h6-12,14-16H,5,13,18H2,1-4H3,(H2,34,39)(H,36,37)/b22-11+. The summed E-state index contributed by atoms with van der Waals surface area (Å²) in [5, 5.41) is 14.4. The van der Waals surface area contributed by atoms with Crippen LogP contribution in [0.2, 0.25) is 5.02 Å². The molecule has 2 aromatic heterocycles. The molecular formula is C31H31ClN6O3. The first-order valence-corrected chi connectivity index (χ1v) is 13.3. The number of primary amides is 1. The number of fused-ring (bicyclic) bond motifs is 1. The highest BCUT2D eigenvalue weighted by Crippen LogP contribution is 2.38. The van der Waals surface area contributed by atoms with Gasteiger partial charge in [-0.25, -0.2) is 0 Å². The third-order valence-corrected chi connectivity index (χ3v) is 6.49. The van der Waals surface area contributed by atoms with Crippen molar-refractivity contribution in [1.82, 2.24) is 14.9 Å². The molecule has 0 spiro atoms. The van der Waals surface area contributed by atoms with Gasteiger partial charge in [0.15, 0.2) is 0 Å². The number of carbonyl (C=O) groups excluding carboxylic acids is 1. The lowest BCUT2D eigenvalue weighted by molar-refractivity contribution is -0.112. The number of nitrogens with one attached hydrogen (secondary N) is 1. The first-order chi connectivity index (χ1) is 19.7. The second-order valence-corrected chi connectivity index (χ2v) is 9.89. The maximum absolute atomic E-state index is 12.5. The van der Waals surface area contributed by atoms with E-state index >= 15 is 0 Å². The summed E-state index contributed by atoms with van der Waals surface area (Å²) in [6, 6.07) is 16.7. The molecule has 2 heterocycles. The van der Waals surface area contributed by atoms with Crippen LogP contribution in [0.25, 0.3) is 16.5 Å². The molecule has 10 heteroatoms. The number of nitrogens with two attached hydrogens (primary N) is 1. The summed E-state index contributed by atoms with van der Waals surface area (Å²) in [5.41, 5.74) is 10.1. The molecular weight excluding hydrogens is 540 g/mol. The number of aryl methyl sites for hydroxylation is 1. The van der Waals surface area contributed by atoms with E-state index in [-0.39, 0.29) is 6.61 Å². The monoisotopic (exact) mass is 570 g/mol. The Labute approximate surface area is 244 Å². The first kappa shape index (κ1) is 29.3. The second kappa shape index (κ2) is 13.1. The molecule has 3 N–H and O–H groups in total. The molecule has 0 aliphatic heterocycles. The molecule has 0 aliphatic carbocycles. The lowest BCUT2D eigenvalue weighted by Crippen LogP contribution is -2.17. The largest absolute Gasteiger partial charge is 0.493 e. The van der Waals surface area contributed by atoms with Gasteiger partial charge in [-0.3, -0.25) is 14.8 Å². The Morgan fingerprint density at radius 3 is 2.61 bits per heavy atom. The van der Waals surface area contributed by atoms with Crippen molar-refractivity contribution in [2.45, 2.75) is 20.5 Å². The van der Waals surface area contributed by atoms with Crippen LogP contribution in [-0.2, 0) is 11.4 Å². The highest BCUT2D eigenvalue weighted by molar-refractivity contribution is 6.32. The van der Waals surface area contributed by atoms with Crippen LogP contribution in [0.5, 0.6) is 11.5 Å². The molecule has 0 radical (unpaired) electrons. The number of carbonyl (C=O) groups is 1. The Morgan fingerprint density at radius 1 is 1.17 bits per heavy atom. The number of pyridine rings is 2. The zero-order chi connectivity index (χ0) is 29.5. The summed E-state index contributed by atoms with van der Waals surface area (Å²) >= 11 is 6.56. The molecule has 0 bridgehead atoms. The fraction of sp³-hybridized carbons (Fsp3) is 0.226. The van der Waals surface area contributed by atoms with Crippen molar-refractivity contribution >= 4 is 45.4 Å². The van der Waals surface area contributed by atoms with Gasteiger partial charge in [0.05, 0.1) is 39.8 Å². The van der Waals surface area contributed by atoms with Crippen LogP contribution in [-0.4, -0.2) is 48.0 Å². The Balaban J connectivity index is 1.79. The Morgan fingerprint density at radius 2 is 1.98 bits per heavy atom. The summed E-state index contributed by atoms with van der Waals surface area (Å²) in [7, 11) is 3.79. The summed E-state index contributed by atoms with van der Waals surface area (Å²) in [5.74, 6) is 0.388. The van der Waals surface area contributed by atoms with Crippen molar-refractivity contribution in [1.29, 1.82) is 5.26 Å². The molecule has 9 nitrogen and oxygen atoms in total. The lowest BCUT2D eigenvalue weighted by Gasteiger charge is -2.18. The van der Waals surface area contributed by atoms with E-state index in [1.807, 2.05) is 50.2 Å². The molecule has 2 aromatic carbocycles. The number of likely N-dealkylation sites (N-methyl/N-ethyl adjacent to an activating group) is 1. The van der Waals surface area contributed by atoms with Gasteiger partial charge in [0.2, 0.25) is 5.91 Å². The Kier molecular flexibility index (Phi) is 9.40. The van der Waals surface area contributed by atoms with Gasteiger partial charge in [0.25, 0.3) is 0 Å². The molecule has 0 fully saturated rings. The van der Waals surface area contributed by atoms with Crippen LogP contribution in [0.3, 0.4) is 0 Å². The van der Waals surface area contributed by atoms with Crippen molar-refractivity contribution in [3.8, 4) is 17.6 Å². The van der Waals surface area contributed by atoms with Gasteiger partial charge in [0.1, 0.15) is 24.2 Å². The number of benzene rings is 2. The zero-order valence-electron chi connectivity index (χ0n) is 23.4. The van der Waals surface area contributed by atoms with Crippen LogP contribution in [0.1, 0.15) is 29.4 Å². The lowest BCUT2D eigenvalue weighted by atomic mass is 9.98. The highest BCUT2D eigenvalue weighted by Gasteiger charge is 2.20. The van der Waals surface area contributed by atoms with E-state index < -0.39 is 5.91 Å². The predicted octanol–water partition coefficient (Wildman–Crippen LogP) is 5.61. The van der Waals surface area contributed by atoms with Gasteiger partial charge in [-0.15, -0.1) is 0 Å². The second-order valence-electron chi connectivity index (χ2n) is 9.48. The number of halogens is 1. The third kappa shape index (κ3) is 6.92. The van der Waals surface area contributed by atoms with Crippen molar-refractivity contribution in [3.63, 3.8) is 0 Å². The zero-order valence-corrected chi connectivity index (χ0v) is 24.1. The molecule has 4 rings (SSSR count). The number of ether oxygens (including phenoxy) is 2. The summed E-state index contributed by atoms with van der Waals surface area (Å²) < 4.78 is 11.7. The van der Waals surface area contributed by atoms with E-state index in [9.17, 15) is 10.1 Å². The van der Waals surface area contributed by atoms with Gasteiger partial charge in [-0.05, 0) is 64.3 Å². The minimum Gasteiger partial charge on any atom is -0.493 e. The van der Waals surface area contributed by atoms with Crippen molar-refractivity contribution in [3.05, 3.63) is 88.3 Å².